The molecule has 31 heavy (non-hydrogen) atoms. The van der Waals surface area contributed by atoms with Crippen LogP contribution in [-0.4, -0.2) is 61.8 Å². The zero-order chi connectivity index (χ0) is 21.7. The largest absolute Gasteiger partial charge is 0.372 e. The Morgan fingerprint density at radius 3 is 2.42 bits per heavy atom. The highest BCUT2D eigenvalue weighted by Crippen LogP contribution is 2.49. The summed E-state index contributed by atoms with van der Waals surface area (Å²) in [5.41, 5.74) is 7.81. The van der Waals surface area contributed by atoms with Gasteiger partial charge in [-0.2, -0.15) is 0 Å². The number of fused-ring (bicyclic) bond motifs is 5. The number of ether oxygens (including phenoxy) is 1. The average molecular weight is 425 g/mol. The van der Waals surface area contributed by atoms with Crippen molar-refractivity contribution < 1.29 is 19.1 Å². The zero-order valence-corrected chi connectivity index (χ0v) is 17.6. The summed E-state index contributed by atoms with van der Waals surface area (Å²) < 4.78 is 6.07. The summed E-state index contributed by atoms with van der Waals surface area (Å²) in [5, 5.41) is 4.65. The van der Waals surface area contributed by atoms with Crippen LogP contribution in [0, 0.1) is 17.3 Å². The van der Waals surface area contributed by atoms with Gasteiger partial charge in [0.25, 0.3) is 0 Å². The zero-order valence-electron chi connectivity index (χ0n) is 17.6. The van der Waals surface area contributed by atoms with Crippen LogP contribution in [0.15, 0.2) is 18.2 Å². The van der Waals surface area contributed by atoms with Gasteiger partial charge in [-0.3, -0.25) is 20.2 Å². The number of carbonyl (C=O) groups is 3. The Kier molecular flexibility index (Phi) is 3.81. The highest BCUT2D eigenvalue weighted by molar-refractivity contribution is 6.20. The number of nitrogens with zero attached hydrogens (tertiary/aromatic N) is 2. The Morgan fingerprint density at radius 1 is 1.06 bits per heavy atom. The van der Waals surface area contributed by atoms with E-state index in [4.69, 9.17) is 10.5 Å². The van der Waals surface area contributed by atoms with E-state index < -0.39 is 29.3 Å². The number of amides is 4. The van der Waals surface area contributed by atoms with E-state index in [9.17, 15) is 14.4 Å². The van der Waals surface area contributed by atoms with E-state index in [0.29, 0.717) is 24.4 Å². The molecule has 0 aromatic heterocycles. The number of morpholine rings is 1. The first-order valence-corrected chi connectivity index (χ1v) is 11.0. The normalized spacial score (nSPS) is 37.7. The van der Waals surface area contributed by atoms with Gasteiger partial charge in [0.2, 0.25) is 11.8 Å². The topological polar surface area (TPSA) is 117 Å². The SMILES string of the molecule is C[C@@H]1CN2c3cc(N4C[C@@H]5[C@@H](N)[C@@H]5C4)ccc3CC3(C(=O)NC(=O)NC3=O)[C@H]2[C@H](C)O1. The molecular weight excluding hydrogens is 398 g/mol. The van der Waals surface area contributed by atoms with E-state index in [1.807, 2.05) is 19.9 Å². The molecule has 4 heterocycles. The fraction of sp³-hybridized carbons (Fsp3) is 0.591. The highest BCUT2D eigenvalue weighted by Gasteiger charge is 2.63. The van der Waals surface area contributed by atoms with Crippen molar-refractivity contribution in [3.63, 3.8) is 0 Å². The molecule has 1 aliphatic carbocycles. The fourth-order valence-electron chi connectivity index (χ4n) is 6.39. The Morgan fingerprint density at radius 2 is 1.74 bits per heavy atom. The summed E-state index contributed by atoms with van der Waals surface area (Å²) in [4.78, 5) is 42.6. The minimum atomic E-state index is -1.41. The molecule has 4 aliphatic heterocycles. The van der Waals surface area contributed by atoms with Gasteiger partial charge in [0, 0.05) is 37.1 Å². The van der Waals surface area contributed by atoms with Crippen LogP contribution in [0.2, 0.25) is 0 Å². The van der Waals surface area contributed by atoms with E-state index in [1.165, 1.54) is 0 Å². The lowest BCUT2D eigenvalue weighted by Gasteiger charge is -2.55. The number of carbonyl (C=O) groups excluding carboxylic acids is 3. The van der Waals surface area contributed by atoms with Crippen molar-refractivity contribution in [1.82, 2.24) is 10.6 Å². The third kappa shape index (κ3) is 2.53. The number of imide groups is 2. The maximum absolute atomic E-state index is 13.1. The summed E-state index contributed by atoms with van der Waals surface area (Å²) >= 11 is 0. The molecule has 164 valence electrons. The minimum absolute atomic E-state index is 0.0494. The Hall–Kier alpha value is -2.65. The van der Waals surface area contributed by atoms with Gasteiger partial charge >= 0.3 is 6.03 Å². The van der Waals surface area contributed by atoms with E-state index in [-0.39, 0.29) is 18.6 Å². The highest BCUT2D eigenvalue weighted by atomic mass is 16.5. The second-order valence-corrected chi connectivity index (χ2v) is 9.76. The van der Waals surface area contributed by atoms with E-state index in [0.717, 1.165) is 30.0 Å². The summed E-state index contributed by atoms with van der Waals surface area (Å²) in [6.07, 6.45) is -0.179. The molecule has 1 spiro atoms. The van der Waals surface area contributed by atoms with Crippen LogP contribution in [0.25, 0.3) is 0 Å². The second-order valence-electron chi connectivity index (χ2n) is 9.76. The molecule has 1 saturated carbocycles. The molecule has 9 nitrogen and oxygen atoms in total. The van der Waals surface area contributed by atoms with Crippen molar-refractivity contribution in [3.8, 4) is 0 Å². The number of piperidine rings is 1. The number of barbiturate groups is 1. The maximum atomic E-state index is 13.1. The van der Waals surface area contributed by atoms with Crippen LogP contribution in [0.3, 0.4) is 0 Å². The lowest BCUT2D eigenvalue weighted by molar-refractivity contribution is -0.153. The fourth-order valence-corrected chi connectivity index (χ4v) is 6.39. The summed E-state index contributed by atoms with van der Waals surface area (Å²) in [6.45, 7) is 6.41. The first-order chi connectivity index (χ1) is 14.8. The summed E-state index contributed by atoms with van der Waals surface area (Å²) in [6, 6.07) is 5.34. The number of anilines is 2. The van der Waals surface area contributed by atoms with Crippen LogP contribution < -0.4 is 26.2 Å². The molecule has 6 rings (SSSR count). The molecule has 6 atom stereocenters. The minimum Gasteiger partial charge on any atom is -0.372 e. The number of hydrogen-bond donors (Lipinski definition) is 3. The van der Waals surface area contributed by atoms with Crippen molar-refractivity contribution in [2.24, 2.45) is 23.0 Å². The molecule has 0 radical (unpaired) electrons. The van der Waals surface area contributed by atoms with E-state index >= 15 is 0 Å². The summed E-state index contributed by atoms with van der Waals surface area (Å²) in [5.74, 6) is 0.0690. The molecule has 9 heteroatoms. The molecule has 3 saturated heterocycles. The quantitative estimate of drug-likeness (QED) is 0.541. The number of rotatable bonds is 1. The molecule has 4 amide bonds. The first-order valence-electron chi connectivity index (χ1n) is 11.0. The Balaban J connectivity index is 1.43. The van der Waals surface area contributed by atoms with E-state index in [2.05, 4.69) is 32.6 Å². The molecule has 0 bridgehead atoms. The van der Waals surface area contributed by atoms with Crippen LogP contribution >= 0.6 is 0 Å². The van der Waals surface area contributed by atoms with Crippen LogP contribution in [-0.2, 0) is 20.7 Å². The lowest BCUT2D eigenvalue weighted by Crippen LogP contribution is -2.75. The van der Waals surface area contributed by atoms with Crippen molar-refractivity contribution in [3.05, 3.63) is 23.8 Å². The third-order valence-corrected chi connectivity index (χ3v) is 7.92. The molecule has 1 aromatic carbocycles. The molecule has 5 aliphatic rings. The number of nitrogens with one attached hydrogen (secondary N) is 2. The monoisotopic (exact) mass is 425 g/mol. The Labute approximate surface area is 180 Å². The average Bonchev–Trinajstić information content (AvgIpc) is 3.10. The van der Waals surface area contributed by atoms with Crippen molar-refractivity contribution >= 4 is 29.2 Å². The predicted molar refractivity (Wildman–Crippen MR) is 113 cm³/mol. The molecule has 1 aromatic rings. The second kappa shape index (κ2) is 6.20. The van der Waals surface area contributed by atoms with Gasteiger partial charge < -0.3 is 20.3 Å². The van der Waals surface area contributed by atoms with Crippen LogP contribution in [0.1, 0.15) is 19.4 Å². The van der Waals surface area contributed by atoms with Gasteiger partial charge in [0.05, 0.1) is 18.2 Å². The van der Waals surface area contributed by atoms with Gasteiger partial charge in [0.1, 0.15) is 0 Å². The van der Waals surface area contributed by atoms with Gasteiger partial charge in [-0.15, -0.1) is 0 Å². The number of benzene rings is 1. The molecule has 0 unspecified atom stereocenters. The number of nitrogens with two attached hydrogens (primary N) is 1. The smallest absolute Gasteiger partial charge is 0.328 e. The van der Waals surface area contributed by atoms with Crippen molar-refractivity contribution in [2.75, 3.05) is 29.4 Å². The Bertz CT molecular complexity index is 980. The summed E-state index contributed by atoms with van der Waals surface area (Å²) in [7, 11) is 0. The lowest BCUT2D eigenvalue weighted by atomic mass is 9.66. The molecule has 4 N–H and O–H groups in total. The van der Waals surface area contributed by atoms with Gasteiger partial charge in [-0.1, -0.05) is 6.07 Å². The third-order valence-electron chi connectivity index (χ3n) is 7.92. The standard InChI is InChI=1S/C22H27N5O4/c1-10-7-27-16-5-13(26-8-14-15(9-26)17(14)23)4-3-12(16)6-22(18(27)11(2)31-10)19(28)24-21(30)25-20(22)29/h3-5,10-11,14-15,17-18H,6-9,23H2,1-2H3,(H2,24,25,28,29,30)/t10-,11+,14-,15+,17+,18-/m1/s1. The van der Waals surface area contributed by atoms with Gasteiger partial charge in [-0.05, 0) is 49.8 Å². The number of hydrogen-bond acceptors (Lipinski definition) is 7. The van der Waals surface area contributed by atoms with Gasteiger partial charge in [0.15, 0.2) is 5.41 Å². The molecule has 4 fully saturated rings. The molecular formula is C22H27N5O4. The van der Waals surface area contributed by atoms with Crippen molar-refractivity contribution in [2.45, 2.75) is 44.6 Å². The first kappa shape index (κ1) is 19.1. The predicted octanol–water partition coefficient (Wildman–Crippen LogP) is -0.0294. The van der Waals surface area contributed by atoms with Crippen LogP contribution in [0.5, 0.6) is 0 Å². The number of urea groups is 1. The van der Waals surface area contributed by atoms with E-state index in [1.54, 1.807) is 0 Å². The maximum Gasteiger partial charge on any atom is 0.328 e. The van der Waals surface area contributed by atoms with Gasteiger partial charge in [-0.25, -0.2) is 4.79 Å². The van der Waals surface area contributed by atoms with Crippen molar-refractivity contribution in [1.29, 1.82) is 0 Å². The van der Waals surface area contributed by atoms with Crippen LogP contribution in [0.4, 0.5) is 16.2 Å².